The van der Waals surface area contributed by atoms with Crippen molar-refractivity contribution in [2.75, 3.05) is 19.1 Å². The number of hydrazone groups is 1. The highest BCUT2D eigenvalue weighted by molar-refractivity contribution is 7.13. The number of hydrogen-bond donors (Lipinski definition) is 1. The van der Waals surface area contributed by atoms with Gasteiger partial charge < -0.3 is 4.74 Å². The van der Waals surface area contributed by atoms with E-state index in [1.165, 1.54) is 4.88 Å². The summed E-state index contributed by atoms with van der Waals surface area (Å²) in [5, 5.41) is 4.84. The molecule has 1 aromatic carbocycles. The zero-order valence-electron chi connectivity index (χ0n) is 14.2. The average molecular weight is 356 g/mol. The van der Waals surface area contributed by atoms with Gasteiger partial charge in [0.05, 0.1) is 17.1 Å². The van der Waals surface area contributed by atoms with Gasteiger partial charge in [-0.05, 0) is 37.6 Å². The molecule has 3 rings (SSSR count). The highest BCUT2D eigenvalue weighted by atomic mass is 32.1. The number of fused-ring (bicyclic) bond motifs is 1. The molecule has 6 nitrogen and oxygen atoms in total. The molecule has 0 radical (unpaired) electrons. The summed E-state index contributed by atoms with van der Waals surface area (Å²) in [5.74, 6) is 0.435. The molecule has 0 aliphatic rings. The number of para-hydroxylation sites is 1. The fourth-order valence-electron chi connectivity index (χ4n) is 2.50. The van der Waals surface area contributed by atoms with Gasteiger partial charge >= 0.3 is 0 Å². The number of benzene rings is 1. The smallest absolute Gasteiger partial charge is 0.262 e. The molecule has 130 valence electrons. The second-order valence-corrected chi connectivity index (χ2v) is 6.89. The molecule has 1 N–H and O–H groups in total. The largest absolute Gasteiger partial charge is 0.385 e. The van der Waals surface area contributed by atoms with E-state index in [1.807, 2.05) is 37.3 Å². The maximum absolute atomic E-state index is 12.8. The molecule has 7 heteroatoms. The van der Waals surface area contributed by atoms with E-state index in [1.54, 1.807) is 35.3 Å². The van der Waals surface area contributed by atoms with Gasteiger partial charge in [0.15, 0.2) is 0 Å². The van der Waals surface area contributed by atoms with E-state index in [-0.39, 0.29) is 5.56 Å². The van der Waals surface area contributed by atoms with Crippen LogP contribution in [0.4, 0.5) is 5.95 Å². The Morgan fingerprint density at radius 2 is 2.16 bits per heavy atom. The van der Waals surface area contributed by atoms with Crippen molar-refractivity contribution in [2.24, 2.45) is 5.10 Å². The van der Waals surface area contributed by atoms with E-state index in [2.05, 4.69) is 15.5 Å². The summed E-state index contributed by atoms with van der Waals surface area (Å²) in [6, 6.07) is 11.4. The summed E-state index contributed by atoms with van der Waals surface area (Å²) >= 11 is 1.65. The summed E-state index contributed by atoms with van der Waals surface area (Å²) in [6.07, 6.45) is 2.46. The van der Waals surface area contributed by atoms with Crippen molar-refractivity contribution in [1.82, 2.24) is 9.55 Å². The number of aryl methyl sites for hydroxylation is 1. The van der Waals surface area contributed by atoms with Gasteiger partial charge in [-0.25, -0.2) is 10.4 Å². The van der Waals surface area contributed by atoms with Crippen LogP contribution in [0.1, 0.15) is 16.2 Å². The van der Waals surface area contributed by atoms with Crippen molar-refractivity contribution in [1.29, 1.82) is 0 Å². The number of ether oxygens (including phenoxy) is 1. The number of nitrogens with zero attached hydrogens (tertiary/aromatic N) is 3. The first-order chi connectivity index (χ1) is 12.2. The Bertz CT molecular complexity index is 946. The van der Waals surface area contributed by atoms with Crippen LogP contribution in [0.15, 0.2) is 46.3 Å². The maximum Gasteiger partial charge on any atom is 0.262 e. The van der Waals surface area contributed by atoms with Crippen molar-refractivity contribution in [3.8, 4) is 0 Å². The standard InChI is InChI=1S/C18H20N4O2S/c1-13-8-9-14(25-13)12-19-21-18-20-16-7-4-3-6-15(16)17(23)22(18)10-5-11-24-2/h3-4,6-9,12H,5,10-11H2,1-2H3,(H,20,21)/b19-12-. The minimum absolute atomic E-state index is 0.0774. The Morgan fingerprint density at radius 3 is 2.92 bits per heavy atom. The van der Waals surface area contributed by atoms with Gasteiger partial charge in [-0.15, -0.1) is 11.3 Å². The van der Waals surface area contributed by atoms with Gasteiger partial charge in [0.25, 0.3) is 5.56 Å². The molecule has 0 amide bonds. The van der Waals surface area contributed by atoms with Crippen LogP contribution in [0.25, 0.3) is 10.9 Å². The van der Waals surface area contributed by atoms with E-state index >= 15 is 0 Å². The monoisotopic (exact) mass is 356 g/mol. The minimum Gasteiger partial charge on any atom is -0.385 e. The molecular formula is C18H20N4O2S. The molecule has 0 fully saturated rings. The van der Waals surface area contributed by atoms with E-state index in [0.29, 0.717) is 30.0 Å². The van der Waals surface area contributed by atoms with E-state index < -0.39 is 0 Å². The number of anilines is 1. The van der Waals surface area contributed by atoms with Crippen LogP contribution in [-0.4, -0.2) is 29.5 Å². The van der Waals surface area contributed by atoms with Crippen molar-refractivity contribution in [3.05, 3.63) is 56.5 Å². The van der Waals surface area contributed by atoms with Crippen LogP contribution < -0.4 is 11.0 Å². The van der Waals surface area contributed by atoms with Gasteiger partial charge in [-0.2, -0.15) is 5.10 Å². The van der Waals surface area contributed by atoms with Crippen LogP contribution >= 0.6 is 11.3 Å². The molecule has 2 heterocycles. The number of methoxy groups -OCH3 is 1. The third kappa shape index (κ3) is 4.12. The first-order valence-electron chi connectivity index (χ1n) is 8.03. The second-order valence-electron chi connectivity index (χ2n) is 5.57. The van der Waals surface area contributed by atoms with E-state index in [0.717, 1.165) is 11.3 Å². The highest BCUT2D eigenvalue weighted by Gasteiger charge is 2.10. The van der Waals surface area contributed by atoms with Crippen LogP contribution in [0.5, 0.6) is 0 Å². The number of nitrogens with one attached hydrogen (secondary N) is 1. The Morgan fingerprint density at radius 1 is 1.32 bits per heavy atom. The zero-order chi connectivity index (χ0) is 17.6. The molecule has 0 spiro atoms. The SMILES string of the molecule is COCCCn1c(N/N=C\c2ccc(C)s2)nc2ccccc2c1=O. The third-order valence-corrected chi connectivity index (χ3v) is 4.64. The van der Waals surface area contributed by atoms with Crippen LogP contribution in [-0.2, 0) is 11.3 Å². The van der Waals surface area contributed by atoms with Gasteiger partial charge in [0.1, 0.15) is 0 Å². The molecule has 0 saturated heterocycles. The summed E-state index contributed by atoms with van der Waals surface area (Å²) in [5.41, 5.74) is 3.49. The Labute approximate surface area is 149 Å². The summed E-state index contributed by atoms with van der Waals surface area (Å²) in [4.78, 5) is 19.6. The van der Waals surface area contributed by atoms with Crippen LogP contribution in [0.3, 0.4) is 0 Å². The Hall–Kier alpha value is -2.51. The van der Waals surface area contributed by atoms with Gasteiger partial charge in [0.2, 0.25) is 5.95 Å². The molecule has 0 saturated carbocycles. The summed E-state index contributed by atoms with van der Waals surface area (Å²) < 4.78 is 6.70. The minimum atomic E-state index is -0.0774. The molecular weight excluding hydrogens is 336 g/mol. The molecule has 3 aromatic rings. The first kappa shape index (κ1) is 17.3. The normalized spacial score (nSPS) is 11.4. The van der Waals surface area contributed by atoms with Crippen LogP contribution in [0.2, 0.25) is 0 Å². The lowest BCUT2D eigenvalue weighted by Crippen LogP contribution is -2.24. The number of aromatic nitrogens is 2. The Balaban J connectivity index is 1.92. The zero-order valence-corrected chi connectivity index (χ0v) is 15.0. The number of rotatable bonds is 7. The van der Waals surface area contributed by atoms with Crippen molar-refractivity contribution in [2.45, 2.75) is 19.9 Å². The van der Waals surface area contributed by atoms with Gasteiger partial charge in [-0.3, -0.25) is 9.36 Å². The Kier molecular flexibility index (Phi) is 5.57. The predicted octanol–water partition coefficient (Wildman–Crippen LogP) is 3.25. The lowest BCUT2D eigenvalue weighted by Gasteiger charge is -2.12. The molecule has 0 aliphatic carbocycles. The van der Waals surface area contributed by atoms with Gasteiger partial charge in [0, 0.05) is 30.0 Å². The molecule has 0 unspecified atom stereocenters. The summed E-state index contributed by atoms with van der Waals surface area (Å²) in [6.45, 7) is 3.14. The fourth-order valence-corrected chi connectivity index (χ4v) is 3.25. The molecule has 0 bridgehead atoms. The molecule has 0 atom stereocenters. The molecule has 0 aliphatic heterocycles. The number of hydrogen-bond acceptors (Lipinski definition) is 6. The predicted molar refractivity (Wildman–Crippen MR) is 103 cm³/mol. The second kappa shape index (κ2) is 8.04. The average Bonchev–Trinajstić information content (AvgIpc) is 3.03. The molecule has 2 aromatic heterocycles. The maximum atomic E-state index is 12.8. The summed E-state index contributed by atoms with van der Waals surface area (Å²) in [7, 11) is 1.65. The quantitative estimate of drug-likeness (QED) is 0.401. The van der Waals surface area contributed by atoms with E-state index in [4.69, 9.17) is 4.74 Å². The molecule has 25 heavy (non-hydrogen) atoms. The third-order valence-electron chi connectivity index (χ3n) is 3.71. The lowest BCUT2D eigenvalue weighted by molar-refractivity contribution is 0.190. The highest BCUT2D eigenvalue weighted by Crippen LogP contribution is 2.14. The van der Waals surface area contributed by atoms with Crippen molar-refractivity contribution < 1.29 is 4.74 Å². The topological polar surface area (TPSA) is 68.5 Å². The van der Waals surface area contributed by atoms with Crippen molar-refractivity contribution >= 4 is 34.4 Å². The van der Waals surface area contributed by atoms with Crippen molar-refractivity contribution in [3.63, 3.8) is 0 Å². The van der Waals surface area contributed by atoms with Crippen LogP contribution in [0, 0.1) is 6.92 Å². The first-order valence-corrected chi connectivity index (χ1v) is 8.84. The van der Waals surface area contributed by atoms with E-state index in [9.17, 15) is 4.79 Å². The lowest BCUT2D eigenvalue weighted by atomic mass is 10.2. The fraction of sp³-hybridized carbons (Fsp3) is 0.278. The van der Waals surface area contributed by atoms with Gasteiger partial charge in [-0.1, -0.05) is 12.1 Å². The number of thiophene rings is 1.